The van der Waals surface area contributed by atoms with Crippen molar-refractivity contribution >= 4 is 11.9 Å². The maximum absolute atomic E-state index is 12.5. The van der Waals surface area contributed by atoms with E-state index in [1.807, 2.05) is 0 Å². The van der Waals surface area contributed by atoms with Gasteiger partial charge in [0, 0.05) is 12.8 Å². The van der Waals surface area contributed by atoms with E-state index in [9.17, 15) is 19.8 Å². The minimum absolute atomic E-state index is 0.00854. The van der Waals surface area contributed by atoms with Crippen LogP contribution in [0.4, 0.5) is 0 Å². The van der Waals surface area contributed by atoms with Crippen molar-refractivity contribution in [3.8, 4) is 0 Å². The molecule has 0 heterocycles. The fraction of sp³-hybridized carbons (Fsp3) is 0.964. The zero-order valence-electron chi connectivity index (χ0n) is 42.1. The molecule has 3 N–H and O–H groups in total. The van der Waals surface area contributed by atoms with Gasteiger partial charge < -0.3 is 20.3 Å². The van der Waals surface area contributed by atoms with Crippen LogP contribution in [-0.2, 0) is 14.3 Å². The quantitative estimate of drug-likeness (QED) is 0.0418. The molecule has 6 heteroatoms. The van der Waals surface area contributed by atoms with E-state index >= 15 is 0 Å². The van der Waals surface area contributed by atoms with Crippen molar-refractivity contribution in [2.75, 3.05) is 13.2 Å². The summed E-state index contributed by atoms with van der Waals surface area (Å²) in [7, 11) is 0. The number of carbonyl (C=O) groups is 2. The summed E-state index contributed by atoms with van der Waals surface area (Å²) in [6.07, 6.45) is 59.4. The number of aliphatic hydroxyl groups excluding tert-OH is 2. The van der Waals surface area contributed by atoms with Gasteiger partial charge in [-0.15, -0.1) is 0 Å². The third-order valence-corrected chi connectivity index (χ3v) is 13.4. The van der Waals surface area contributed by atoms with Gasteiger partial charge in [0.2, 0.25) is 5.91 Å². The second kappa shape index (κ2) is 52.5. The van der Waals surface area contributed by atoms with Crippen LogP contribution in [-0.4, -0.2) is 47.4 Å². The van der Waals surface area contributed by atoms with Crippen molar-refractivity contribution in [2.24, 2.45) is 0 Å². The molecule has 0 radical (unpaired) electrons. The Bertz CT molecular complexity index is 882. The maximum Gasteiger partial charge on any atom is 0.305 e. The van der Waals surface area contributed by atoms with Crippen molar-refractivity contribution < 1.29 is 24.5 Å². The second-order valence-electron chi connectivity index (χ2n) is 19.6. The summed E-state index contributed by atoms with van der Waals surface area (Å²) in [5.74, 6) is -0.0587. The predicted octanol–water partition coefficient (Wildman–Crippen LogP) is 17.1. The first-order valence-corrected chi connectivity index (χ1v) is 28.3. The zero-order chi connectivity index (χ0) is 45.1. The molecule has 0 saturated heterocycles. The Labute approximate surface area is 387 Å². The predicted molar refractivity (Wildman–Crippen MR) is 269 cm³/mol. The molecular formula is C56H111NO5. The first-order valence-electron chi connectivity index (χ1n) is 28.3. The largest absolute Gasteiger partial charge is 0.466 e. The Morgan fingerprint density at radius 3 is 0.984 bits per heavy atom. The molecule has 0 saturated carbocycles. The molecule has 0 rings (SSSR count). The normalized spacial score (nSPS) is 12.5. The minimum Gasteiger partial charge on any atom is -0.466 e. The van der Waals surface area contributed by atoms with E-state index in [1.165, 1.54) is 231 Å². The fourth-order valence-corrected chi connectivity index (χ4v) is 9.05. The highest BCUT2D eigenvalue weighted by molar-refractivity contribution is 5.76. The van der Waals surface area contributed by atoms with Crippen LogP contribution in [0.15, 0.2) is 0 Å². The molecule has 0 aliphatic carbocycles. The molecule has 62 heavy (non-hydrogen) atoms. The SMILES string of the molecule is CCCCCCCCCCCCCCCCCCCC(=O)OCCCCCCCCCCCCCC(=O)NC(CO)C(O)CCCCCCCCCCCCCCCCCCC. The number of hydrogen-bond donors (Lipinski definition) is 3. The highest BCUT2D eigenvalue weighted by atomic mass is 16.5. The number of ether oxygens (including phenoxy) is 1. The van der Waals surface area contributed by atoms with E-state index in [-0.39, 0.29) is 18.5 Å². The summed E-state index contributed by atoms with van der Waals surface area (Å²) in [4.78, 5) is 24.5. The molecule has 0 bridgehead atoms. The maximum atomic E-state index is 12.5. The molecule has 2 atom stereocenters. The van der Waals surface area contributed by atoms with Crippen LogP contribution in [0, 0.1) is 0 Å². The van der Waals surface area contributed by atoms with E-state index in [4.69, 9.17) is 4.74 Å². The topological polar surface area (TPSA) is 95.9 Å². The summed E-state index contributed by atoms with van der Waals surface area (Å²) in [6.45, 7) is 4.94. The van der Waals surface area contributed by atoms with Crippen LogP contribution in [0.3, 0.4) is 0 Å². The lowest BCUT2D eigenvalue weighted by Crippen LogP contribution is -2.45. The monoisotopic (exact) mass is 878 g/mol. The van der Waals surface area contributed by atoms with Crippen molar-refractivity contribution in [1.29, 1.82) is 0 Å². The van der Waals surface area contributed by atoms with Crippen LogP contribution in [0.5, 0.6) is 0 Å². The third-order valence-electron chi connectivity index (χ3n) is 13.4. The van der Waals surface area contributed by atoms with Gasteiger partial charge in [0.15, 0.2) is 0 Å². The average Bonchev–Trinajstić information content (AvgIpc) is 3.27. The molecule has 0 aliphatic rings. The molecule has 0 aromatic heterocycles. The van der Waals surface area contributed by atoms with Crippen molar-refractivity contribution in [1.82, 2.24) is 5.32 Å². The minimum atomic E-state index is -0.675. The third kappa shape index (κ3) is 48.3. The van der Waals surface area contributed by atoms with Gasteiger partial charge in [-0.25, -0.2) is 0 Å². The van der Waals surface area contributed by atoms with Gasteiger partial charge >= 0.3 is 5.97 Å². The van der Waals surface area contributed by atoms with Crippen molar-refractivity contribution in [3.63, 3.8) is 0 Å². The van der Waals surface area contributed by atoms with E-state index < -0.39 is 12.1 Å². The number of carbonyl (C=O) groups excluding carboxylic acids is 2. The number of unbranched alkanes of at least 4 members (excludes halogenated alkanes) is 42. The van der Waals surface area contributed by atoms with E-state index in [0.29, 0.717) is 25.9 Å². The van der Waals surface area contributed by atoms with Gasteiger partial charge in [-0.2, -0.15) is 0 Å². The number of amides is 1. The summed E-state index contributed by atoms with van der Waals surface area (Å²) >= 11 is 0. The highest BCUT2D eigenvalue weighted by Gasteiger charge is 2.20. The van der Waals surface area contributed by atoms with Crippen LogP contribution < -0.4 is 5.32 Å². The van der Waals surface area contributed by atoms with Crippen LogP contribution >= 0.6 is 0 Å². The fourth-order valence-electron chi connectivity index (χ4n) is 9.05. The Hall–Kier alpha value is -1.14. The van der Waals surface area contributed by atoms with Gasteiger partial charge in [-0.3, -0.25) is 9.59 Å². The summed E-state index contributed by atoms with van der Waals surface area (Å²) in [5, 5.41) is 23.3. The first-order chi connectivity index (χ1) is 30.5. The smallest absolute Gasteiger partial charge is 0.305 e. The molecule has 0 fully saturated rings. The van der Waals surface area contributed by atoms with Crippen LogP contribution in [0.25, 0.3) is 0 Å². The molecule has 370 valence electrons. The van der Waals surface area contributed by atoms with Gasteiger partial charge in [0.1, 0.15) is 0 Å². The summed E-state index contributed by atoms with van der Waals surface area (Å²) in [5.41, 5.74) is 0. The van der Waals surface area contributed by atoms with E-state index in [0.717, 1.165) is 57.8 Å². The van der Waals surface area contributed by atoms with Crippen LogP contribution in [0.2, 0.25) is 0 Å². The highest BCUT2D eigenvalue weighted by Crippen LogP contribution is 2.18. The van der Waals surface area contributed by atoms with Gasteiger partial charge in [0.25, 0.3) is 0 Å². The Kier molecular flexibility index (Phi) is 51.5. The van der Waals surface area contributed by atoms with Gasteiger partial charge in [-0.05, 0) is 25.7 Å². The molecule has 0 aliphatic heterocycles. The van der Waals surface area contributed by atoms with Crippen molar-refractivity contribution in [2.45, 2.75) is 334 Å². The van der Waals surface area contributed by atoms with Crippen LogP contribution in [0.1, 0.15) is 322 Å². The number of esters is 1. The molecule has 2 unspecified atom stereocenters. The Morgan fingerprint density at radius 1 is 0.387 bits per heavy atom. The van der Waals surface area contributed by atoms with E-state index in [1.54, 1.807) is 0 Å². The molecule has 0 aromatic carbocycles. The van der Waals surface area contributed by atoms with Crippen molar-refractivity contribution in [3.05, 3.63) is 0 Å². The summed E-state index contributed by atoms with van der Waals surface area (Å²) < 4.78 is 5.48. The number of hydrogen-bond acceptors (Lipinski definition) is 5. The lowest BCUT2D eigenvalue weighted by molar-refractivity contribution is -0.143. The standard InChI is InChI=1S/C56H111NO5/c1-3-5-7-9-11-13-15-17-19-21-23-25-28-32-36-40-44-48-54(59)53(52-58)57-55(60)49-45-41-37-33-29-27-31-35-39-43-47-51-62-56(61)50-46-42-38-34-30-26-24-22-20-18-16-14-12-10-8-6-4-2/h53-54,58-59H,3-52H2,1-2H3,(H,57,60). The Balaban J connectivity index is 3.43. The molecule has 6 nitrogen and oxygen atoms in total. The zero-order valence-corrected chi connectivity index (χ0v) is 42.1. The molecule has 1 amide bonds. The average molecular weight is 879 g/mol. The second-order valence-corrected chi connectivity index (χ2v) is 19.6. The molecule has 0 spiro atoms. The van der Waals surface area contributed by atoms with E-state index in [2.05, 4.69) is 19.2 Å². The van der Waals surface area contributed by atoms with Gasteiger partial charge in [-0.1, -0.05) is 284 Å². The lowest BCUT2D eigenvalue weighted by atomic mass is 10.0. The number of nitrogens with one attached hydrogen (secondary N) is 1. The first kappa shape index (κ1) is 60.9. The number of aliphatic hydroxyl groups is 2. The lowest BCUT2D eigenvalue weighted by Gasteiger charge is -2.22. The number of rotatable bonds is 53. The van der Waals surface area contributed by atoms with Gasteiger partial charge in [0.05, 0.1) is 25.4 Å². The molecule has 0 aromatic rings. The Morgan fingerprint density at radius 2 is 0.661 bits per heavy atom. The summed E-state index contributed by atoms with van der Waals surface area (Å²) in [6, 6.07) is -0.554. The molecular weight excluding hydrogens is 767 g/mol.